The van der Waals surface area contributed by atoms with Crippen LogP contribution in [-0.2, 0) is 6.54 Å². The Morgan fingerprint density at radius 2 is 1.94 bits per heavy atom. The molecule has 0 spiro atoms. The molecular formula is C12H17IN4. The fourth-order valence-electron chi connectivity index (χ4n) is 1.92. The minimum atomic E-state index is 0.515. The highest BCUT2D eigenvalue weighted by atomic mass is 127. The predicted molar refractivity (Wildman–Crippen MR) is 75.9 cm³/mol. The third-order valence-electron chi connectivity index (χ3n) is 2.91. The van der Waals surface area contributed by atoms with Crippen molar-refractivity contribution in [2.75, 3.05) is 0 Å². The number of hydrogen-bond acceptors (Lipinski definition) is 2. The van der Waals surface area contributed by atoms with Crippen LogP contribution < -0.4 is 0 Å². The Hall–Kier alpha value is -0.850. The first kappa shape index (κ1) is 12.6. The van der Waals surface area contributed by atoms with Gasteiger partial charge in [0.25, 0.3) is 0 Å². The smallest absolute Gasteiger partial charge is 0.123 e. The molecule has 5 heteroatoms. The summed E-state index contributed by atoms with van der Waals surface area (Å²) >= 11 is 2.21. The summed E-state index contributed by atoms with van der Waals surface area (Å²) in [6.45, 7) is 5.15. The lowest BCUT2D eigenvalue weighted by atomic mass is 10.2. The Labute approximate surface area is 115 Å². The number of halogens is 1. The Morgan fingerprint density at radius 3 is 2.53 bits per heavy atom. The summed E-state index contributed by atoms with van der Waals surface area (Å²) in [5.74, 6) is 0. The SMILES string of the molecule is CCC(CC)n1ccc(Cn2ccc(I)n2)n1. The van der Waals surface area contributed by atoms with Crippen LogP contribution in [0.5, 0.6) is 0 Å². The van der Waals surface area contributed by atoms with Crippen LogP contribution in [0.3, 0.4) is 0 Å². The second kappa shape index (κ2) is 5.66. The first-order valence-corrected chi connectivity index (χ1v) is 7.03. The summed E-state index contributed by atoms with van der Waals surface area (Å²) in [4.78, 5) is 0. The normalized spacial score (nSPS) is 11.3. The van der Waals surface area contributed by atoms with Gasteiger partial charge in [-0.15, -0.1) is 0 Å². The van der Waals surface area contributed by atoms with Gasteiger partial charge < -0.3 is 0 Å². The molecule has 0 aromatic carbocycles. The minimum Gasteiger partial charge on any atom is -0.269 e. The van der Waals surface area contributed by atoms with E-state index in [0.717, 1.165) is 28.8 Å². The van der Waals surface area contributed by atoms with E-state index in [4.69, 9.17) is 0 Å². The van der Waals surface area contributed by atoms with Gasteiger partial charge in [0, 0.05) is 12.4 Å². The Balaban J connectivity index is 2.08. The zero-order chi connectivity index (χ0) is 12.3. The van der Waals surface area contributed by atoms with Crippen molar-refractivity contribution in [3.05, 3.63) is 33.9 Å². The van der Waals surface area contributed by atoms with E-state index in [2.05, 4.69) is 63.6 Å². The topological polar surface area (TPSA) is 35.6 Å². The molecule has 2 aromatic heterocycles. The van der Waals surface area contributed by atoms with Gasteiger partial charge in [0.05, 0.1) is 18.3 Å². The molecule has 0 aliphatic heterocycles. The van der Waals surface area contributed by atoms with E-state index in [9.17, 15) is 0 Å². The molecule has 0 fully saturated rings. The van der Waals surface area contributed by atoms with E-state index in [0.29, 0.717) is 6.04 Å². The molecule has 92 valence electrons. The van der Waals surface area contributed by atoms with Crippen molar-refractivity contribution in [3.8, 4) is 0 Å². The fourth-order valence-corrected chi connectivity index (χ4v) is 2.36. The predicted octanol–water partition coefficient (Wildman–Crippen LogP) is 3.09. The number of nitrogens with zero attached hydrogens (tertiary/aromatic N) is 4. The Bertz CT molecular complexity index is 470. The van der Waals surface area contributed by atoms with Crippen LogP contribution in [-0.4, -0.2) is 19.6 Å². The molecule has 0 saturated carbocycles. The average Bonchev–Trinajstić information content (AvgIpc) is 2.91. The number of rotatable bonds is 5. The Morgan fingerprint density at radius 1 is 1.18 bits per heavy atom. The van der Waals surface area contributed by atoms with E-state index < -0.39 is 0 Å². The van der Waals surface area contributed by atoms with Crippen LogP contribution in [0.4, 0.5) is 0 Å². The quantitative estimate of drug-likeness (QED) is 0.782. The van der Waals surface area contributed by atoms with Crippen molar-refractivity contribution >= 4 is 22.6 Å². The van der Waals surface area contributed by atoms with Gasteiger partial charge in [0.2, 0.25) is 0 Å². The molecule has 17 heavy (non-hydrogen) atoms. The monoisotopic (exact) mass is 344 g/mol. The van der Waals surface area contributed by atoms with Crippen molar-refractivity contribution < 1.29 is 0 Å². The van der Waals surface area contributed by atoms with Crippen LogP contribution in [0.15, 0.2) is 24.5 Å². The van der Waals surface area contributed by atoms with Gasteiger partial charge in [-0.2, -0.15) is 10.2 Å². The maximum Gasteiger partial charge on any atom is 0.123 e. The van der Waals surface area contributed by atoms with Crippen LogP contribution >= 0.6 is 22.6 Å². The summed E-state index contributed by atoms with van der Waals surface area (Å²) in [6, 6.07) is 4.59. The van der Waals surface area contributed by atoms with Gasteiger partial charge >= 0.3 is 0 Å². The van der Waals surface area contributed by atoms with E-state index in [-0.39, 0.29) is 0 Å². The van der Waals surface area contributed by atoms with Crippen molar-refractivity contribution in [1.29, 1.82) is 0 Å². The van der Waals surface area contributed by atoms with Crippen molar-refractivity contribution in [2.45, 2.75) is 39.3 Å². The Kier molecular flexibility index (Phi) is 4.20. The van der Waals surface area contributed by atoms with Gasteiger partial charge in [-0.3, -0.25) is 9.36 Å². The lowest BCUT2D eigenvalue weighted by Gasteiger charge is -2.12. The van der Waals surface area contributed by atoms with Crippen LogP contribution in [0.25, 0.3) is 0 Å². The summed E-state index contributed by atoms with van der Waals surface area (Å²) in [5.41, 5.74) is 1.07. The molecule has 0 unspecified atom stereocenters. The standard InChI is InChI=1S/C12H17IN4/c1-3-11(4-2)17-8-5-10(14-17)9-16-7-6-12(13)15-16/h5-8,11H,3-4,9H2,1-2H3. The highest BCUT2D eigenvalue weighted by Gasteiger charge is 2.08. The molecule has 2 rings (SSSR count). The zero-order valence-electron chi connectivity index (χ0n) is 10.2. The van der Waals surface area contributed by atoms with Gasteiger partial charge in [-0.05, 0) is 47.6 Å². The molecule has 0 radical (unpaired) electrons. The summed E-state index contributed by atoms with van der Waals surface area (Å²) in [7, 11) is 0. The van der Waals surface area contributed by atoms with Crippen molar-refractivity contribution in [2.24, 2.45) is 0 Å². The average molecular weight is 344 g/mol. The molecule has 0 amide bonds. The molecule has 0 bridgehead atoms. The lowest BCUT2D eigenvalue weighted by Crippen LogP contribution is -2.09. The molecule has 0 aliphatic carbocycles. The highest BCUT2D eigenvalue weighted by molar-refractivity contribution is 14.1. The van der Waals surface area contributed by atoms with E-state index in [1.54, 1.807) is 0 Å². The minimum absolute atomic E-state index is 0.515. The van der Waals surface area contributed by atoms with E-state index >= 15 is 0 Å². The maximum atomic E-state index is 4.61. The summed E-state index contributed by atoms with van der Waals surface area (Å²) < 4.78 is 5.01. The lowest BCUT2D eigenvalue weighted by molar-refractivity contribution is 0.424. The molecule has 0 atom stereocenters. The molecule has 2 aromatic rings. The molecule has 0 saturated heterocycles. The second-order valence-electron chi connectivity index (χ2n) is 4.09. The molecule has 0 N–H and O–H groups in total. The third-order valence-corrected chi connectivity index (χ3v) is 3.49. The second-order valence-corrected chi connectivity index (χ2v) is 5.20. The van der Waals surface area contributed by atoms with Gasteiger partial charge in [-0.25, -0.2) is 0 Å². The molecule has 2 heterocycles. The van der Waals surface area contributed by atoms with Crippen LogP contribution in [0.2, 0.25) is 0 Å². The van der Waals surface area contributed by atoms with E-state index in [1.165, 1.54) is 0 Å². The van der Waals surface area contributed by atoms with Crippen LogP contribution in [0.1, 0.15) is 38.4 Å². The third kappa shape index (κ3) is 3.08. The molecule has 4 nitrogen and oxygen atoms in total. The zero-order valence-corrected chi connectivity index (χ0v) is 12.3. The van der Waals surface area contributed by atoms with Gasteiger partial charge in [-0.1, -0.05) is 13.8 Å². The van der Waals surface area contributed by atoms with Crippen molar-refractivity contribution in [1.82, 2.24) is 19.6 Å². The molecular weight excluding hydrogens is 327 g/mol. The largest absolute Gasteiger partial charge is 0.269 e. The fraction of sp³-hybridized carbons (Fsp3) is 0.500. The number of aromatic nitrogens is 4. The highest BCUT2D eigenvalue weighted by Crippen LogP contribution is 2.14. The van der Waals surface area contributed by atoms with Crippen LogP contribution in [0, 0.1) is 3.70 Å². The summed E-state index contributed by atoms with van der Waals surface area (Å²) in [6.07, 6.45) is 6.30. The van der Waals surface area contributed by atoms with Gasteiger partial charge in [0.1, 0.15) is 3.70 Å². The molecule has 0 aliphatic rings. The summed E-state index contributed by atoms with van der Waals surface area (Å²) in [5, 5.41) is 8.96. The number of hydrogen-bond donors (Lipinski definition) is 0. The maximum absolute atomic E-state index is 4.61. The van der Waals surface area contributed by atoms with Crippen molar-refractivity contribution in [3.63, 3.8) is 0 Å². The first-order valence-electron chi connectivity index (χ1n) is 5.96. The van der Waals surface area contributed by atoms with E-state index in [1.807, 2.05) is 16.9 Å². The first-order chi connectivity index (χ1) is 8.22. The van der Waals surface area contributed by atoms with Gasteiger partial charge in [0.15, 0.2) is 0 Å².